The minimum absolute atomic E-state index is 0.405. The molecule has 5 unspecified atom stereocenters. The molecule has 0 aromatic carbocycles. The van der Waals surface area contributed by atoms with Crippen LogP contribution in [0.2, 0.25) is 0 Å². The quantitative estimate of drug-likeness (QED) is 0.666. The molecule has 0 heterocycles. The Bertz CT molecular complexity index is 238. The van der Waals surface area contributed by atoms with Gasteiger partial charge in [0.1, 0.15) is 0 Å². The van der Waals surface area contributed by atoms with Crippen LogP contribution in [0.1, 0.15) is 73.1 Å². The van der Waals surface area contributed by atoms with Gasteiger partial charge in [-0.05, 0) is 56.9 Å². The third-order valence-electron chi connectivity index (χ3n) is 5.13. The number of nitrogens with one attached hydrogen (secondary N) is 1. The van der Waals surface area contributed by atoms with Crippen molar-refractivity contribution in [2.45, 2.75) is 85.3 Å². The minimum atomic E-state index is 0.405. The molecule has 0 bridgehead atoms. The average Bonchev–Trinajstić information content (AvgIpc) is 2.43. The standard InChI is InChI=1S/C18H37NO/c1-6-9-17(20-8-3)18(19-12-7-2)16-11-10-14(4)15(5)13-16/h14-19H,6-13H2,1-5H3. The summed E-state index contributed by atoms with van der Waals surface area (Å²) in [6.45, 7) is 13.5. The third kappa shape index (κ3) is 5.37. The van der Waals surface area contributed by atoms with Crippen molar-refractivity contribution in [3.8, 4) is 0 Å². The third-order valence-corrected chi connectivity index (χ3v) is 5.13. The fraction of sp³-hybridized carbons (Fsp3) is 1.00. The molecule has 2 nitrogen and oxygen atoms in total. The Hall–Kier alpha value is -0.0800. The topological polar surface area (TPSA) is 21.3 Å². The first kappa shape index (κ1) is 18.0. The molecule has 0 spiro atoms. The second kappa shape index (κ2) is 9.78. The molecule has 1 aliphatic carbocycles. The minimum Gasteiger partial charge on any atom is -0.377 e. The molecule has 5 atom stereocenters. The predicted molar refractivity (Wildman–Crippen MR) is 88.1 cm³/mol. The highest BCUT2D eigenvalue weighted by molar-refractivity contribution is 4.88. The monoisotopic (exact) mass is 283 g/mol. The second-order valence-corrected chi connectivity index (χ2v) is 6.79. The Kier molecular flexibility index (Phi) is 8.79. The lowest BCUT2D eigenvalue weighted by atomic mass is 9.72. The van der Waals surface area contributed by atoms with Gasteiger partial charge in [-0.15, -0.1) is 0 Å². The van der Waals surface area contributed by atoms with E-state index in [4.69, 9.17) is 4.74 Å². The van der Waals surface area contributed by atoms with Crippen molar-refractivity contribution >= 4 is 0 Å². The second-order valence-electron chi connectivity index (χ2n) is 6.79. The zero-order chi connectivity index (χ0) is 15.0. The molecule has 2 heteroatoms. The van der Waals surface area contributed by atoms with E-state index in [1.165, 1.54) is 38.5 Å². The molecular formula is C18H37NO. The fourth-order valence-corrected chi connectivity index (χ4v) is 3.69. The highest BCUT2D eigenvalue weighted by Crippen LogP contribution is 2.36. The van der Waals surface area contributed by atoms with Gasteiger partial charge in [-0.3, -0.25) is 0 Å². The first-order valence-electron chi connectivity index (χ1n) is 8.98. The van der Waals surface area contributed by atoms with Crippen LogP contribution in [0.4, 0.5) is 0 Å². The van der Waals surface area contributed by atoms with Gasteiger partial charge < -0.3 is 10.1 Å². The van der Waals surface area contributed by atoms with Crippen molar-refractivity contribution < 1.29 is 4.74 Å². The molecule has 0 amide bonds. The van der Waals surface area contributed by atoms with E-state index in [9.17, 15) is 0 Å². The van der Waals surface area contributed by atoms with Crippen LogP contribution in [0, 0.1) is 17.8 Å². The Balaban J connectivity index is 2.70. The van der Waals surface area contributed by atoms with Crippen LogP contribution in [0.5, 0.6) is 0 Å². The van der Waals surface area contributed by atoms with Crippen LogP contribution in [-0.4, -0.2) is 25.3 Å². The average molecular weight is 284 g/mol. The summed E-state index contributed by atoms with van der Waals surface area (Å²) in [5.74, 6) is 2.56. The maximum Gasteiger partial charge on any atom is 0.0730 e. The van der Waals surface area contributed by atoms with E-state index in [2.05, 4.69) is 39.9 Å². The zero-order valence-electron chi connectivity index (χ0n) is 14.5. The van der Waals surface area contributed by atoms with Gasteiger partial charge in [0.15, 0.2) is 0 Å². The van der Waals surface area contributed by atoms with Gasteiger partial charge in [-0.25, -0.2) is 0 Å². The molecule has 0 aromatic heterocycles. The molecule has 0 radical (unpaired) electrons. The molecule has 0 saturated heterocycles. The number of rotatable bonds is 9. The predicted octanol–water partition coefficient (Wildman–Crippen LogP) is 4.63. The van der Waals surface area contributed by atoms with E-state index in [1.807, 2.05) is 0 Å². The Morgan fingerprint density at radius 3 is 2.35 bits per heavy atom. The lowest BCUT2D eigenvalue weighted by molar-refractivity contribution is -0.000990. The SMILES string of the molecule is CCCNC(C1CCC(C)C(C)C1)C(CCC)OCC. The summed E-state index contributed by atoms with van der Waals surface area (Å²) in [7, 11) is 0. The van der Waals surface area contributed by atoms with Crippen LogP contribution >= 0.6 is 0 Å². The summed E-state index contributed by atoms with van der Waals surface area (Å²) < 4.78 is 6.09. The van der Waals surface area contributed by atoms with E-state index < -0.39 is 0 Å². The van der Waals surface area contributed by atoms with Crippen LogP contribution in [0.15, 0.2) is 0 Å². The normalized spacial score (nSPS) is 30.1. The molecule has 120 valence electrons. The van der Waals surface area contributed by atoms with Crippen molar-refractivity contribution in [1.82, 2.24) is 5.32 Å². The van der Waals surface area contributed by atoms with E-state index in [-0.39, 0.29) is 0 Å². The van der Waals surface area contributed by atoms with Crippen LogP contribution in [0.25, 0.3) is 0 Å². The molecule has 0 aromatic rings. The van der Waals surface area contributed by atoms with E-state index in [1.54, 1.807) is 0 Å². The van der Waals surface area contributed by atoms with Crippen LogP contribution < -0.4 is 5.32 Å². The van der Waals surface area contributed by atoms with E-state index in [0.717, 1.165) is 30.9 Å². The largest absolute Gasteiger partial charge is 0.377 e. The van der Waals surface area contributed by atoms with Crippen LogP contribution in [0.3, 0.4) is 0 Å². The number of ether oxygens (including phenoxy) is 1. The first-order chi connectivity index (χ1) is 9.63. The van der Waals surface area contributed by atoms with Crippen molar-refractivity contribution in [3.63, 3.8) is 0 Å². The number of hydrogen-bond donors (Lipinski definition) is 1. The lowest BCUT2D eigenvalue weighted by Gasteiger charge is -2.40. The Morgan fingerprint density at radius 1 is 1.05 bits per heavy atom. The summed E-state index contributed by atoms with van der Waals surface area (Å²) in [4.78, 5) is 0. The van der Waals surface area contributed by atoms with Gasteiger partial charge in [0.2, 0.25) is 0 Å². The van der Waals surface area contributed by atoms with Crippen LogP contribution in [-0.2, 0) is 4.74 Å². The van der Waals surface area contributed by atoms with Crippen molar-refractivity contribution in [3.05, 3.63) is 0 Å². The molecule has 1 N–H and O–H groups in total. The first-order valence-corrected chi connectivity index (χ1v) is 8.98. The number of hydrogen-bond acceptors (Lipinski definition) is 2. The molecular weight excluding hydrogens is 246 g/mol. The highest BCUT2D eigenvalue weighted by atomic mass is 16.5. The van der Waals surface area contributed by atoms with Gasteiger partial charge in [-0.2, -0.15) is 0 Å². The van der Waals surface area contributed by atoms with E-state index >= 15 is 0 Å². The van der Waals surface area contributed by atoms with Gasteiger partial charge in [0.05, 0.1) is 6.10 Å². The molecule has 1 aliphatic rings. The summed E-state index contributed by atoms with van der Waals surface area (Å²) in [6.07, 6.45) is 8.16. The highest BCUT2D eigenvalue weighted by Gasteiger charge is 2.34. The van der Waals surface area contributed by atoms with Gasteiger partial charge in [0, 0.05) is 12.6 Å². The fourth-order valence-electron chi connectivity index (χ4n) is 3.69. The Morgan fingerprint density at radius 2 is 1.80 bits per heavy atom. The summed E-state index contributed by atoms with van der Waals surface area (Å²) in [6, 6.07) is 0.560. The molecule has 1 rings (SSSR count). The molecule has 20 heavy (non-hydrogen) atoms. The molecule has 0 aliphatic heterocycles. The van der Waals surface area contributed by atoms with E-state index in [0.29, 0.717) is 12.1 Å². The summed E-state index contributed by atoms with van der Waals surface area (Å²) in [5.41, 5.74) is 0. The molecule has 1 saturated carbocycles. The summed E-state index contributed by atoms with van der Waals surface area (Å²) in [5, 5.41) is 3.82. The molecule has 1 fully saturated rings. The zero-order valence-corrected chi connectivity index (χ0v) is 14.5. The van der Waals surface area contributed by atoms with Gasteiger partial charge in [-0.1, -0.05) is 40.5 Å². The van der Waals surface area contributed by atoms with Crippen molar-refractivity contribution in [1.29, 1.82) is 0 Å². The smallest absolute Gasteiger partial charge is 0.0730 e. The maximum absolute atomic E-state index is 6.09. The van der Waals surface area contributed by atoms with Crippen molar-refractivity contribution in [2.24, 2.45) is 17.8 Å². The lowest BCUT2D eigenvalue weighted by Crippen LogP contribution is -2.48. The van der Waals surface area contributed by atoms with Crippen molar-refractivity contribution in [2.75, 3.05) is 13.2 Å². The Labute approximate surface area is 127 Å². The maximum atomic E-state index is 6.09. The summed E-state index contributed by atoms with van der Waals surface area (Å²) >= 11 is 0. The van der Waals surface area contributed by atoms with Gasteiger partial charge in [0.25, 0.3) is 0 Å². The van der Waals surface area contributed by atoms with Gasteiger partial charge >= 0.3 is 0 Å².